The SMILES string of the molecule is CC(=NC1CCN(C(=O)[C@@H]2C[C@H](S)CN2C(=O)OCc2ccc([N+](=O)[O-])cc2)CC1)NC(=O)OCc1ccc([N+](=O)[O-])cc1. The molecule has 2 aliphatic rings. The third kappa shape index (κ3) is 8.65. The summed E-state index contributed by atoms with van der Waals surface area (Å²) >= 11 is 4.49. The highest BCUT2D eigenvalue weighted by Crippen LogP contribution is 2.26. The number of carbonyl (C=O) groups is 3. The quantitative estimate of drug-likeness (QED) is 0.144. The van der Waals surface area contributed by atoms with E-state index in [-0.39, 0.29) is 48.3 Å². The Kier molecular flexibility index (Phi) is 10.7. The van der Waals surface area contributed by atoms with Gasteiger partial charge < -0.3 is 14.4 Å². The fourth-order valence-electron chi connectivity index (χ4n) is 4.97. The Labute approximate surface area is 257 Å². The Morgan fingerprint density at radius 3 is 1.98 bits per heavy atom. The average Bonchev–Trinajstić information content (AvgIpc) is 3.40. The van der Waals surface area contributed by atoms with Crippen LogP contribution in [0.4, 0.5) is 21.0 Å². The lowest BCUT2D eigenvalue weighted by Gasteiger charge is -2.34. The van der Waals surface area contributed by atoms with Gasteiger partial charge in [0.25, 0.3) is 11.4 Å². The number of rotatable bonds is 8. The van der Waals surface area contributed by atoms with Crippen molar-refractivity contribution in [2.45, 2.75) is 56.7 Å². The lowest BCUT2D eigenvalue weighted by molar-refractivity contribution is -0.385. The number of nitro groups is 2. The molecule has 0 saturated carbocycles. The number of benzene rings is 2. The molecule has 2 heterocycles. The number of piperidine rings is 1. The van der Waals surface area contributed by atoms with E-state index in [2.05, 4.69) is 22.9 Å². The van der Waals surface area contributed by atoms with Gasteiger partial charge in [-0.3, -0.25) is 40.2 Å². The first-order valence-corrected chi connectivity index (χ1v) is 14.4. The van der Waals surface area contributed by atoms with Crippen molar-refractivity contribution in [3.8, 4) is 0 Å². The third-order valence-electron chi connectivity index (χ3n) is 7.26. The molecule has 2 saturated heterocycles. The van der Waals surface area contributed by atoms with E-state index in [1.807, 2.05) is 0 Å². The monoisotopic (exact) mass is 628 g/mol. The van der Waals surface area contributed by atoms with Gasteiger partial charge in [-0.2, -0.15) is 12.6 Å². The topological polar surface area (TPSA) is 187 Å². The third-order valence-corrected chi connectivity index (χ3v) is 7.63. The Morgan fingerprint density at radius 2 is 1.45 bits per heavy atom. The summed E-state index contributed by atoms with van der Waals surface area (Å²) in [6.07, 6.45) is 0.145. The number of non-ortho nitro benzene ring substituents is 2. The molecule has 0 unspecified atom stereocenters. The summed E-state index contributed by atoms with van der Waals surface area (Å²) in [6, 6.07) is 10.5. The second-order valence-corrected chi connectivity index (χ2v) is 11.2. The van der Waals surface area contributed by atoms with Crippen LogP contribution >= 0.6 is 12.6 Å². The second-order valence-electron chi connectivity index (χ2n) is 10.4. The molecule has 3 amide bonds. The lowest BCUT2D eigenvalue weighted by atomic mass is 10.0. The molecular formula is C28H32N6O9S. The van der Waals surface area contributed by atoms with Crippen molar-refractivity contribution in [3.63, 3.8) is 0 Å². The van der Waals surface area contributed by atoms with E-state index in [0.717, 1.165) is 0 Å². The number of aliphatic imine (C=N–C) groups is 1. The van der Waals surface area contributed by atoms with Crippen LogP contribution in [0.15, 0.2) is 53.5 Å². The maximum Gasteiger partial charge on any atom is 0.412 e. The van der Waals surface area contributed by atoms with Crippen LogP contribution in [0.3, 0.4) is 0 Å². The minimum atomic E-state index is -0.712. The molecule has 16 heteroatoms. The van der Waals surface area contributed by atoms with Crippen molar-refractivity contribution in [2.75, 3.05) is 19.6 Å². The highest BCUT2D eigenvalue weighted by Gasteiger charge is 2.41. The normalized spacial score (nSPS) is 18.9. The minimum absolute atomic E-state index is 0.0558. The summed E-state index contributed by atoms with van der Waals surface area (Å²) in [4.78, 5) is 66.6. The summed E-state index contributed by atoms with van der Waals surface area (Å²) in [5, 5.41) is 24.0. The molecule has 234 valence electrons. The van der Waals surface area contributed by atoms with E-state index in [0.29, 0.717) is 49.3 Å². The number of hydrogen-bond acceptors (Lipinski definition) is 11. The number of nitro benzene ring substituents is 2. The zero-order valence-electron chi connectivity index (χ0n) is 23.9. The van der Waals surface area contributed by atoms with Crippen molar-refractivity contribution < 1.29 is 33.7 Å². The Balaban J connectivity index is 1.22. The number of amides is 3. The minimum Gasteiger partial charge on any atom is -0.445 e. The first kappa shape index (κ1) is 32.2. The molecule has 15 nitrogen and oxygen atoms in total. The van der Waals surface area contributed by atoms with E-state index < -0.39 is 28.1 Å². The van der Waals surface area contributed by atoms with E-state index in [4.69, 9.17) is 9.47 Å². The summed E-state index contributed by atoms with van der Waals surface area (Å²) in [5.74, 6) is 0.167. The van der Waals surface area contributed by atoms with Crippen LogP contribution < -0.4 is 5.32 Å². The second kappa shape index (κ2) is 14.6. The molecule has 2 aromatic rings. The van der Waals surface area contributed by atoms with Crippen LogP contribution in [0.2, 0.25) is 0 Å². The number of amidine groups is 1. The Bertz CT molecular complexity index is 1410. The van der Waals surface area contributed by atoms with Crippen LogP contribution in [-0.4, -0.2) is 80.5 Å². The van der Waals surface area contributed by atoms with Crippen LogP contribution in [0, 0.1) is 20.2 Å². The lowest BCUT2D eigenvalue weighted by Crippen LogP contribution is -2.50. The molecule has 44 heavy (non-hydrogen) atoms. The summed E-state index contributed by atoms with van der Waals surface area (Å²) < 4.78 is 10.6. The smallest absolute Gasteiger partial charge is 0.412 e. The summed E-state index contributed by atoms with van der Waals surface area (Å²) in [7, 11) is 0. The first-order valence-electron chi connectivity index (χ1n) is 13.8. The van der Waals surface area contributed by atoms with Gasteiger partial charge in [0.2, 0.25) is 5.91 Å². The largest absolute Gasteiger partial charge is 0.445 e. The maximum atomic E-state index is 13.4. The number of ether oxygens (including phenoxy) is 2. The molecule has 2 aromatic carbocycles. The van der Waals surface area contributed by atoms with E-state index in [9.17, 15) is 34.6 Å². The summed E-state index contributed by atoms with van der Waals surface area (Å²) in [6.45, 7) is 2.58. The predicted octanol–water partition coefficient (Wildman–Crippen LogP) is 3.85. The number of carbonyl (C=O) groups excluding carboxylic acids is 3. The van der Waals surface area contributed by atoms with Gasteiger partial charge in [-0.15, -0.1) is 0 Å². The van der Waals surface area contributed by atoms with Gasteiger partial charge in [-0.1, -0.05) is 0 Å². The standard InChI is InChI=1S/C28H32N6O9S/c1-18(30-27(36)42-16-19-2-6-22(7-3-19)33(38)39)29-21-10-12-31(13-11-21)26(35)25-14-24(44)15-32(25)28(37)43-17-20-4-8-23(9-5-20)34(40)41/h2-9,21,24-25,44H,10-17H2,1H3,(H,29,30,36)/t24-,25-/m0/s1. The van der Waals surface area contributed by atoms with E-state index >= 15 is 0 Å². The first-order chi connectivity index (χ1) is 21.0. The molecule has 0 aliphatic carbocycles. The molecule has 0 spiro atoms. The van der Waals surface area contributed by atoms with Crippen LogP contribution in [0.1, 0.15) is 37.3 Å². The van der Waals surface area contributed by atoms with Crippen molar-refractivity contribution in [2.24, 2.45) is 4.99 Å². The van der Waals surface area contributed by atoms with E-state index in [1.54, 1.807) is 11.8 Å². The molecule has 2 fully saturated rings. The van der Waals surface area contributed by atoms with Crippen molar-refractivity contribution in [3.05, 3.63) is 79.9 Å². The predicted molar refractivity (Wildman–Crippen MR) is 160 cm³/mol. The van der Waals surface area contributed by atoms with Gasteiger partial charge >= 0.3 is 12.2 Å². The maximum absolute atomic E-state index is 13.4. The highest BCUT2D eigenvalue weighted by atomic mass is 32.1. The number of nitrogens with zero attached hydrogens (tertiary/aromatic N) is 5. The zero-order valence-corrected chi connectivity index (χ0v) is 24.8. The van der Waals surface area contributed by atoms with Gasteiger partial charge in [0.1, 0.15) is 25.1 Å². The Morgan fingerprint density at radius 1 is 0.932 bits per heavy atom. The number of hydrogen-bond donors (Lipinski definition) is 2. The summed E-state index contributed by atoms with van der Waals surface area (Å²) in [5.41, 5.74) is 1.06. The molecule has 0 radical (unpaired) electrons. The number of likely N-dealkylation sites (tertiary alicyclic amines) is 2. The highest BCUT2D eigenvalue weighted by molar-refractivity contribution is 7.81. The van der Waals surface area contributed by atoms with Crippen molar-refractivity contribution in [1.29, 1.82) is 0 Å². The fourth-order valence-corrected chi connectivity index (χ4v) is 5.35. The van der Waals surface area contributed by atoms with Gasteiger partial charge in [0.05, 0.1) is 15.9 Å². The van der Waals surface area contributed by atoms with Gasteiger partial charge in [0.15, 0.2) is 0 Å². The molecule has 2 atom stereocenters. The molecule has 0 aromatic heterocycles. The van der Waals surface area contributed by atoms with Crippen LogP contribution in [0.25, 0.3) is 0 Å². The van der Waals surface area contributed by atoms with Gasteiger partial charge in [-0.05, 0) is 61.6 Å². The van der Waals surface area contributed by atoms with Crippen LogP contribution in [0.5, 0.6) is 0 Å². The molecule has 0 bridgehead atoms. The molecule has 2 aliphatic heterocycles. The van der Waals surface area contributed by atoms with Crippen molar-refractivity contribution >= 4 is 47.9 Å². The fraction of sp³-hybridized carbons (Fsp3) is 0.429. The van der Waals surface area contributed by atoms with Gasteiger partial charge in [-0.25, -0.2) is 9.59 Å². The zero-order chi connectivity index (χ0) is 31.8. The molecule has 1 N–H and O–H groups in total. The van der Waals surface area contributed by atoms with Gasteiger partial charge in [0, 0.05) is 49.1 Å². The molecular weight excluding hydrogens is 596 g/mol. The average molecular weight is 629 g/mol. The number of alkyl carbamates (subject to hydrolysis) is 1. The molecule has 4 rings (SSSR count). The van der Waals surface area contributed by atoms with Crippen molar-refractivity contribution in [1.82, 2.24) is 15.1 Å². The van der Waals surface area contributed by atoms with Crippen LogP contribution in [-0.2, 0) is 27.5 Å². The van der Waals surface area contributed by atoms with E-state index in [1.165, 1.54) is 53.4 Å². The number of thiol groups is 1. The number of nitrogens with one attached hydrogen (secondary N) is 1. The Hall–Kier alpha value is -4.73.